The Labute approximate surface area is 157 Å². The van der Waals surface area contributed by atoms with Gasteiger partial charge in [0.1, 0.15) is 12.1 Å². The zero-order valence-electron chi connectivity index (χ0n) is 15.5. The minimum Gasteiger partial charge on any atom is -0.480 e. The largest absolute Gasteiger partial charge is 0.480 e. The summed E-state index contributed by atoms with van der Waals surface area (Å²) in [4.78, 5) is 50.4. The van der Waals surface area contributed by atoms with Gasteiger partial charge >= 0.3 is 5.97 Å². The Kier molecular flexibility index (Phi) is 10.4. The van der Waals surface area contributed by atoms with Crippen molar-refractivity contribution in [2.24, 2.45) is 33.8 Å². The topological polar surface area (TPSA) is 229 Å². The third-order valence-corrected chi connectivity index (χ3v) is 3.56. The molecule has 0 aromatic carbocycles. The standard InChI is InChI=1S/C15H29N7O5/c1-7(2)11(22-12(24)8(16)6-10(17)23)13(25)21-9(14(26)27)4-3-5-20-15(18)19/h7-9,11H,3-6,16H2,1-2H3,(H2,17,23)(H,21,25)(H,22,24)(H,26,27)(H4,18,19,20). The number of carboxylic acid groups (broad SMARTS) is 1. The van der Waals surface area contributed by atoms with Crippen molar-refractivity contribution in [3.05, 3.63) is 0 Å². The van der Waals surface area contributed by atoms with Crippen LogP contribution in [0.5, 0.6) is 0 Å². The smallest absolute Gasteiger partial charge is 0.326 e. The lowest BCUT2D eigenvalue weighted by Gasteiger charge is -2.25. The predicted molar refractivity (Wildman–Crippen MR) is 98.0 cm³/mol. The molecule has 0 aromatic heterocycles. The molecule has 0 bridgehead atoms. The number of guanidine groups is 1. The number of aliphatic carboxylic acids is 1. The Morgan fingerprint density at radius 2 is 1.63 bits per heavy atom. The summed E-state index contributed by atoms with van der Waals surface area (Å²) in [7, 11) is 0. The predicted octanol–water partition coefficient (Wildman–Crippen LogP) is -3.05. The number of rotatable bonds is 12. The maximum absolute atomic E-state index is 12.4. The summed E-state index contributed by atoms with van der Waals surface area (Å²) < 4.78 is 0. The minimum atomic E-state index is -1.23. The molecule has 0 saturated heterocycles. The van der Waals surface area contributed by atoms with Gasteiger partial charge in [0.25, 0.3) is 0 Å². The number of nitrogens with one attached hydrogen (secondary N) is 2. The lowest BCUT2D eigenvalue weighted by atomic mass is 10.0. The molecule has 3 amide bonds. The molecule has 0 aromatic rings. The van der Waals surface area contributed by atoms with E-state index in [1.54, 1.807) is 13.8 Å². The highest BCUT2D eigenvalue weighted by atomic mass is 16.4. The number of aliphatic imine (C=N–C) groups is 1. The highest BCUT2D eigenvalue weighted by Gasteiger charge is 2.30. The quantitative estimate of drug-likeness (QED) is 0.103. The molecule has 0 aliphatic carbocycles. The van der Waals surface area contributed by atoms with E-state index in [1.165, 1.54) is 0 Å². The van der Waals surface area contributed by atoms with Crippen molar-refractivity contribution in [3.63, 3.8) is 0 Å². The first-order valence-electron chi connectivity index (χ1n) is 8.38. The summed E-state index contributed by atoms with van der Waals surface area (Å²) >= 11 is 0. The van der Waals surface area contributed by atoms with E-state index in [0.717, 1.165) is 0 Å². The van der Waals surface area contributed by atoms with Crippen molar-refractivity contribution in [2.45, 2.75) is 51.2 Å². The number of nitrogens with two attached hydrogens (primary N) is 4. The first-order chi connectivity index (χ1) is 12.5. The van der Waals surface area contributed by atoms with Crippen LogP contribution in [0.1, 0.15) is 33.1 Å². The van der Waals surface area contributed by atoms with Gasteiger partial charge in [0.2, 0.25) is 17.7 Å². The molecule has 0 rings (SSSR count). The molecule has 0 radical (unpaired) electrons. The van der Waals surface area contributed by atoms with E-state index >= 15 is 0 Å². The molecule has 0 aliphatic heterocycles. The van der Waals surface area contributed by atoms with Gasteiger partial charge in [-0.2, -0.15) is 0 Å². The van der Waals surface area contributed by atoms with Gasteiger partial charge in [-0.05, 0) is 18.8 Å². The van der Waals surface area contributed by atoms with Crippen LogP contribution in [0.15, 0.2) is 4.99 Å². The van der Waals surface area contributed by atoms with Gasteiger partial charge in [0, 0.05) is 6.54 Å². The van der Waals surface area contributed by atoms with Gasteiger partial charge in [-0.15, -0.1) is 0 Å². The minimum absolute atomic E-state index is 0.0950. The Hall–Kier alpha value is -2.89. The molecule has 3 unspecified atom stereocenters. The van der Waals surface area contributed by atoms with Crippen molar-refractivity contribution >= 4 is 29.7 Å². The molecule has 0 spiro atoms. The Morgan fingerprint density at radius 1 is 1.04 bits per heavy atom. The van der Waals surface area contributed by atoms with Gasteiger partial charge in [-0.1, -0.05) is 13.8 Å². The molecule has 0 aliphatic rings. The van der Waals surface area contributed by atoms with Crippen LogP contribution in [0.25, 0.3) is 0 Å². The average Bonchev–Trinajstić information content (AvgIpc) is 2.53. The molecule has 3 atom stereocenters. The normalized spacial score (nSPS) is 13.9. The van der Waals surface area contributed by atoms with Crippen LogP contribution in [0.2, 0.25) is 0 Å². The van der Waals surface area contributed by atoms with E-state index in [-0.39, 0.29) is 31.3 Å². The fraction of sp³-hybridized carbons (Fsp3) is 0.667. The number of nitrogens with zero attached hydrogens (tertiary/aromatic N) is 1. The second-order valence-electron chi connectivity index (χ2n) is 6.36. The van der Waals surface area contributed by atoms with E-state index < -0.39 is 41.8 Å². The Morgan fingerprint density at radius 3 is 2.07 bits per heavy atom. The number of carbonyl (C=O) groups is 4. The summed E-state index contributed by atoms with van der Waals surface area (Å²) in [6.45, 7) is 3.55. The molecule has 154 valence electrons. The monoisotopic (exact) mass is 387 g/mol. The summed E-state index contributed by atoms with van der Waals surface area (Å²) in [5, 5.41) is 14.1. The average molecular weight is 387 g/mol. The second-order valence-corrected chi connectivity index (χ2v) is 6.36. The van der Waals surface area contributed by atoms with Crippen molar-refractivity contribution < 1.29 is 24.3 Å². The van der Waals surface area contributed by atoms with Crippen molar-refractivity contribution in [1.29, 1.82) is 0 Å². The Balaban J connectivity index is 4.91. The molecular formula is C15H29N7O5. The van der Waals surface area contributed by atoms with Crippen LogP contribution in [0.4, 0.5) is 0 Å². The summed E-state index contributed by atoms with van der Waals surface area (Å²) in [6, 6.07) is -3.41. The van der Waals surface area contributed by atoms with Gasteiger partial charge in [0.15, 0.2) is 5.96 Å². The van der Waals surface area contributed by atoms with Crippen LogP contribution in [-0.2, 0) is 19.2 Å². The van der Waals surface area contributed by atoms with E-state index in [9.17, 15) is 24.3 Å². The number of hydrogen-bond acceptors (Lipinski definition) is 6. The zero-order valence-corrected chi connectivity index (χ0v) is 15.5. The third kappa shape index (κ3) is 9.99. The molecule has 0 heterocycles. The molecule has 11 N–H and O–H groups in total. The number of carboxylic acids is 1. The SMILES string of the molecule is CC(C)C(NC(=O)C(N)CC(N)=O)C(=O)NC(CCCN=C(N)N)C(=O)O. The zero-order chi connectivity index (χ0) is 21.1. The van der Waals surface area contributed by atoms with Crippen molar-refractivity contribution in [2.75, 3.05) is 6.54 Å². The summed E-state index contributed by atoms with van der Waals surface area (Å²) in [6.07, 6.45) is 0.0515. The van der Waals surface area contributed by atoms with E-state index in [4.69, 9.17) is 22.9 Å². The molecule has 12 nitrogen and oxygen atoms in total. The fourth-order valence-corrected chi connectivity index (χ4v) is 2.13. The van der Waals surface area contributed by atoms with Gasteiger partial charge in [0.05, 0.1) is 12.5 Å². The van der Waals surface area contributed by atoms with Gasteiger partial charge < -0.3 is 38.7 Å². The highest BCUT2D eigenvalue weighted by molar-refractivity contribution is 5.93. The Bertz CT molecular complexity index is 575. The number of amides is 3. The first kappa shape index (κ1) is 24.1. The summed E-state index contributed by atoms with van der Waals surface area (Å²) in [5.41, 5.74) is 20.9. The van der Waals surface area contributed by atoms with Crippen molar-refractivity contribution in [1.82, 2.24) is 10.6 Å². The first-order valence-corrected chi connectivity index (χ1v) is 8.38. The maximum atomic E-state index is 12.4. The van der Waals surface area contributed by atoms with E-state index in [2.05, 4.69) is 15.6 Å². The van der Waals surface area contributed by atoms with Gasteiger partial charge in [-0.3, -0.25) is 19.4 Å². The van der Waals surface area contributed by atoms with Crippen LogP contribution < -0.4 is 33.6 Å². The number of carbonyl (C=O) groups excluding carboxylic acids is 3. The lowest BCUT2D eigenvalue weighted by molar-refractivity contribution is -0.142. The number of primary amides is 1. The van der Waals surface area contributed by atoms with Crippen molar-refractivity contribution in [3.8, 4) is 0 Å². The number of hydrogen-bond donors (Lipinski definition) is 7. The summed E-state index contributed by atoms with van der Waals surface area (Å²) in [5.74, 6) is -3.87. The van der Waals surface area contributed by atoms with Crippen LogP contribution >= 0.6 is 0 Å². The molecule has 0 saturated carbocycles. The molecule has 27 heavy (non-hydrogen) atoms. The molecule has 12 heteroatoms. The highest BCUT2D eigenvalue weighted by Crippen LogP contribution is 2.06. The molecule has 0 fully saturated rings. The fourth-order valence-electron chi connectivity index (χ4n) is 2.13. The van der Waals surface area contributed by atoms with Gasteiger partial charge in [-0.25, -0.2) is 4.79 Å². The molecular weight excluding hydrogens is 358 g/mol. The lowest BCUT2D eigenvalue weighted by Crippen LogP contribution is -2.56. The third-order valence-electron chi connectivity index (χ3n) is 3.56. The van der Waals surface area contributed by atoms with E-state index in [0.29, 0.717) is 6.42 Å². The van der Waals surface area contributed by atoms with Crippen LogP contribution in [0.3, 0.4) is 0 Å². The van der Waals surface area contributed by atoms with Crippen LogP contribution in [-0.4, -0.2) is 59.4 Å². The maximum Gasteiger partial charge on any atom is 0.326 e. The van der Waals surface area contributed by atoms with E-state index in [1.807, 2.05) is 0 Å². The second kappa shape index (κ2) is 11.7. The van der Waals surface area contributed by atoms with Crippen LogP contribution in [0, 0.1) is 5.92 Å².